The van der Waals surface area contributed by atoms with Crippen LogP contribution in [0.3, 0.4) is 0 Å². The molecule has 23 heavy (non-hydrogen) atoms. The van der Waals surface area contributed by atoms with Crippen molar-refractivity contribution in [2.45, 2.75) is 19.3 Å². The standard InChI is InChI=1S/C15H17ClN4O3/c16-12-4-5-13(14(9-12)20(22)23)18-15(21)11-3-1-7-19(10-11)8-2-6-17/h4-5,9,11H,1-3,7-8,10H2,(H,18,21). The molecule has 1 aromatic carbocycles. The summed E-state index contributed by atoms with van der Waals surface area (Å²) in [6.45, 7) is 2.07. The van der Waals surface area contributed by atoms with Crippen LogP contribution in [0.4, 0.5) is 11.4 Å². The van der Waals surface area contributed by atoms with E-state index in [1.165, 1.54) is 18.2 Å². The monoisotopic (exact) mass is 336 g/mol. The number of piperidine rings is 1. The van der Waals surface area contributed by atoms with Gasteiger partial charge in [-0.3, -0.25) is 14.9 Å². The van der Waals surface area contributed by atoms with Gasteiger partial charge in [-0.15, -0.1) is 0 Å². The lowest BCUT2D eigenvalue weighted by Gasteiger charge is -2.31. The maximum absolute atomic E-state index is 12.4. The number of nitrogens with zero attached hydrogens (tertiary/aromatic N) is 3. The minimum atomic E-state index is -0.568. The Kier molecular flexibility index (Phi) is 5.90. The molecule has 1 N–H and O–H groups in total. The molecule has 1 aromatic rings. The van der Waals surface area contributed by atoms with Crippen molar-refractivity contribution in [1.82, 2.24) is 4.90 Å². The van der Waals surface area contributed by atoms with E-state index in [1.54, 1.807) is 0 Å². The van der Waals surface area contributed by atoms with Crippen LogP contribution in [0.25, 0.3) is 0 Å². The van der Waals surface area contributed by atoms with E-state index in [1.807, 2.05) is 0 Å². The number of hydrogen-bond donors (Lipinski definition) is 1. The van der Waals surface area contributed by atoms with Gasteiger partial charge >= 0.3 is 0 Å². The van der Waals surface area contributed by atoms with Crippen molar-refractivity contribution in [2.75, 3.05) is 25.0 Å². The van der Waals surface area contributed by atoms with Gasteiger partial charge in [0.05, 0.1) is 16.9 Å². The third-order valence-electron chi connectivity index (χ3n) is 3.83. The molecule has 122 valence electrons. The Morgan fingerprint density at radius 3 is 3.04 bits per heavy atom. The Bertz CT molecular complexity index is 644. The molecule has 7 nitrogen and oxygen atoms in total. The second-order valence-corrected chi connectivity index (χ2v) is 5.89. The highest BCUT2D eigenvalue weighted by Crippen LogP contribution is 2.29. The number of nitriles is 1. The molecule has 0 bridgehead atoms. The zero-order chi connectivity index (χ0) is 16.8. The van der Waals surface area contributed by atoms with E-state index < -0.39 is 4.92 Å². The molecule has 1 fully saturated rings. The van der Waals surface area contributed by atoms with Crippen LogP contribution in [0.1, 0.15) is 19.3 Å². The number of nitrogens with one attached hydrogen (secondary N) is 1. The van der Waals surface area contributed by atoms with Crippen LogP contribution in [-0.4, -0.2) is 35.4 Å². The van der Waals surface area contributed by atoms with Gasteiger partial charge in [-0.25, -0.2) is 0 Å². The van der Waals surface area contributed by atoms with Crippen molar-refractivity contribution in [3.8, 4) is 6.07 Å². The molecule has 0 spiro atoms. The number of amides is 1. The van der Waals surface area contributed by atoms with E-state index in [0.717, 1.165) is 19.4 Å². The van der Waals surface area contributed by atoms with Gasteiger partial charge in [0, 0.05) is 30.6 Å². The summed E-state index contributed by atoms with van der Waals surface area (Å²) in [6.07, 6.45) is 2.03. The lowest BCUT2D eigenvalue weighted by molar-refractivity contribution is -0.383. The number of hydrogen-bond acceptors (Lipinski definition) is 5. The molecule has 0 saturated carbocycles. The molecular weight excluding hydrogens is 320 g/mol. The van der Waals surface area contributed by atoms with E-state index in [0.29, 0.717) is 19.5 Å². The summed E-state index contributed by atoms with van der Waals surface area (Å²) < 4.78 is 0. The Morgan fingerprint density at radius 1 is 1.57 bits per heavy atom. The number of rotatable bonds is 5. The SMILES string of the molecule is N#CCCN1CCCC(C(=O)Nc2ccc(Cl)cc2[N+](=O)[O-])C1. The van der Waals surface area contributed by atoms with Gasteiger partial charge in [-0.2, -0.15) is 5.26 Å². The molecule has 1 atom stereocenters. The van der Waals surface area contributed by atoms with Crippen molar-refractivity contribution in [2.24, 2.45) is 5.92 Å². The second-order valence-electron chi connectivity index (χ2n) is 5.46. The topological polar surface area (TPSA) is 99.3 Å². The summed E-state index contributed by atoms with van der Waals surface area (Å²) in [6, 6.07) is 6.26. The first-order valence-electron chi connectivity index (χ1n) is 7.35. The number of nitro benzene ring substituents is 1. The number of likely N-dealkylation sites (tertiary alicyclic amines) is 1. The molecule has 1 saturated heterocycles. The number of nitro groups is 1. The molecule has 0 aromatic heterocycles. The van der Waals surface area contributed by atoms with Crippen molar-refractivity contribution >= 4 is 28.9 Å². The van der Waals surface area contributed by atoms with Crippen LogP contribution in [0.5, 0.6) is 0 Å². The molecule has 1 unspecified atom stereocenters. The Hall–Kier alpha value is -2.17. The van der Waals surface area contributed by atoms with Gasteiger partial charge in [-0.1, -0.05) is 11.6 Å². The highest BCUT2D eigenvalue weighted by Gasteiger charge is 2.27. The number of benzene rings is 1. The van der Waals surface area contributed by atoms with Crippen LogP contribution in [0.2, 0.25) is 5.02 Å². The summed E-state index contributed by atoms with van der Waals surface area (Å²) in [5, 5.41) is 22.6. The number of halogens is 1. The second kappa shape index (κ2) is 7.90. The summed E-state index contributed by atoms with van der Waals surface area (Å²) in [5.74, 6) is -0.477. The molecule has 2 rings (SSSR count). The predicted molar refractivity (Wildman–Crippen MR) is 86.1 cm³/mol. The van der Waals surface area contributed by atoms with Gasteiger partial charge in [0.25, 0.3) is 5.69 Å². The number of carbonyl (C=O) groups excluding carboxylic acids is 1. The average molecular weight is 337 g/mol. The van der Waals surface area contributed by atoms with E-state index >= 15 is 0 Å². The average Bonchev–Trinajstić information content (AvgIpc) is 2.54. The highest BCUT2D eigenvalue weighted by atomic mass is 35.5. The Labute approximate surface area is 139 Å². The smallest absolute Gasteiger partial charge is 0.294 e. The van der Waals surface area contributed by atoms with Crippen molar-refractivity contribution in [3.63, 3.8) is 0 Å². The van der Waals surface area contributed by atoms with Crippen LogP contribution < -0.4 is 5.32 Å². The van der Waals surface area contributed by atoms with Crippen LogP contribution >= 0.6 is 11.6 Å². The zero-order valence-electron chi connectivity index (χ0n) is 12.5. The van der Waals surface area contributed by atoms with E-state index in [-0.39, 0.29) is 28.2 Å². The largest absolute Gasteiger partial charge is 0.320 e. The lowest BCUT2D eigenvalue weighted by atomic mass is 9.97. The van der Waals surface area contributed by atoms with Gasteiger partial charge in [0.1, 0.15) is 5.69 Å². The molecule has 0 aliphatic carbocycles. The third kappa shape index (κ3) is 4.65. The van der Waals surface area contributed by atoms with E-state index in [9.17, 15) is 14.9 Å². The molecular formula is C15H17ClN4O3. The van der Waals surface area contributed by atoms with Gasteiger partial charge in [0.2, 0.25) is 5.91 Å². The number of anilines is 1. The molecule has 8 heteroatoms. The fourth-order valence-electron chi connectivity index (χ4n) is 2.68. The van der Waals surface area contributed by atoms with Crippen LogP contribution in [0, 0.1) is 27.4 Å². The lowest BCUT2D eigenvalue weighted by Crippen LogP contribution is -2.41. The quantitative estimate of drug-likeness (QED) is 0.658. The van der Waals surface area contributed by atoms with Crippen LogP contribution in [-0.2, 0) is 4.79 Å². The van der Waals surface area contributed by atoms with Crippen LogP contribution in [0.15, 0.2) is 18.2 Å². The Balaban J connectivity index is 2.04. The van der Waals surface area contributed by atoms with E-state index in [2.05, 4.69) is 16.3 Å². The van der Waals surface area contributed by atoms with Crippen molar-refractivity contribution in [1.29, 1.82) is 5.26 Å². The number of carbonyl (C=O) groups is 1. The summed E-state index contributed by atoms with van der Waals surface area (Å²) in [4.78, 5) is 25.0. The maximum atomic E-state index is 12.4. The molecule has 1 aliphatic rings. The minimum Gasteiger partial charge on any atom is -0.320 e. The first-order chi connectivity index (χ1) is 11.0. The molecule has 0 radical (unpaired) electrons. The van der Waals surface area contributed by atoms with Gasteiger partial charge in [-0.05, 0) is 31.5 Å². The first-order valence-corrected chi connectivity index (χ1v) is 7.73. The summed E-state index contributed by atoms with van der Waals surface area (Å²) in [5.41, 5.74) is -0.0680. The fraction of sp³-hybridized carbons (Fsp3) is 0.467. The normalized spacial score (nSPS) is 18.2. The van der Waals surface area contributed by atoms with Crippen molar-refractivity contribution in [3.05, 3.63) is 33.3 Å². The first kappa shape index (κ1) is 17.2. The van der Waals surface area contributed by atoms with Crippen molar-refractivity contribution < 1.29 is 9.72 Å². The molecule has 1 amide bonds. The molecule has 1 aliphatic heterocycles. The maximum Gasteiger partial charge on any atom is 0.294 e. The molecule has 1 heterocycles. The summed E-state index contributed by atoms with van der Waals surface area (Å²) >= 11 is 5.76. The van der Waals surface area contributed by atoms with Gasteiger partial charge < -0.3 is 10.2 Å². The highest BCUT2D eigenvalue weighted by molar-refractivity contribution is 6.31. The minimum absolute atomic E-state index is 0.151. The fourth-order valence-corrected chi connectivity index (χ4v) is 2.84. The van der Waals surface area contributed by atoms with E-state index in [4.69, 9.17) is 16.9 Å². The Morgan fingerprint density at radius 2 is 2.35 bits per heavy atom. The zero-order valence-corrected chi connectivity index (χ0v) is 13.3. The summed E-state index contributed by atoms with van der Waals surface area (Å²) in [7, 11) is 0. The van der Waals surface area contributed by atoms with Gasteiger partial charge in [0.15, 0.2) is 0 Å². The predicted octanol–water partition coefficient (Wildman–Crippen LogP) is 2.81. The third-order valence-corrected chi connectivity index (χ3v) is 4.07.